The molecule has 0 aromatic carbocycles. The third kappa shape index (κ3) is 3.80. The minimum Gasteiger partial charge on any atom is -0.356 e. The smallest absolute Gasteiger partial charge is 0.230 e. The summed E-state index contributed by atoms with van der Waals surface area (Å²) in [5.74, 6) is 2.01. The van der Waals surface area contributed by atoms with Gasteiger partial charge in [0.15, 0.2) is 0 Å². The monoisotopic (exact) mass is 370 g/mol. The molecular formula is C21H30N4O2. The normalized spacial score (nSPS) is 25.7. The molecule has 1 unspecified atom stereocenters. The van der Waals surface area contributed by atoms with Crippen LogP contribution in [-0.2, 0) is 16.1 Å². The van der Waals surface area contributed by atoms with Gasteiger partial charge in [-0.3, -0.25) is 9.59 Å². The second kappa shape index (κ2) is 7.49. The van der Waals surface area contributed by atoms with Crippen LogP contribution in [0.5, 0.6) is 0 Å². The summed E-state index contributed by atoms with van der Waals surface area (Å²) in [5, 5.41) is 2.79. The molecule has 0 bridgehead atoms. The molecule has 27 heavy (non-hydrogen) atoms. The van der Waals surface area contributed by atoms with Crippen molar-refractivity contribution in [2.24, 2.45) is 11.3 Å². The number of piperidine rings is 1. The lowest BCUT2D eigenvalue weighted by Gasteiger charge is -2.42. The number of nitrogens with zero attached hydrogens (tertiary/aromatic N) is 3. The van der Waals surface area contributed by atoms with Crippen LogP contribution in [0.15, 0.2) is 18.3 Å². The number of hydrogen-bond acceptors (Lipinski definition) is 4. The first kappa shape index (κ1) is 18.3. The highest BCUT2D eigenvalue weighted by atomic mass is 16.2. The summed E-state index contributed by atoms with van der Waals surface area (Å²) in [6.45, 7) is 5.60. The van der Waals surface area contributed by atoms with Crippen LogP contribution in [0.3, 0.4) is 0 Å². The van der Waals surface area contributed by atoms with Gasteiger partial charge in [-0.15, -0.1) is 0 Å². The molecule has 1 aromatic rings. The summed E-state index contributed by atoms with van der Waals surface area (Å²) < 4.78 is 0. The molecule has 1 N–H and O–H groups in total. The predicted molar refractivity (Wildman–Crippen MR) is 104 cm³/mol. The van der Waals surface area contributed by atoms with Crippen molar-refractivity contribution in [2.75, 3.05) is 31.1 Å². The molecule has 2 saturated heterocycles. The van der Waals surface area contributed by atoms with E-state index in [1.165, 1.54) is 26.2 Å². The van der Waals surface area contributed by atoms with E-state index in [0.717, 1.165) is 62.7 Å². The molecule has 1 aliphatic carbocycles. The molecule has 0 radical (unpaired) electrons. The van der Waals surface area contributed by atoms with Crippen LogP contribution >= 0.6 is 0 Å². The summed E-state index contributed by atoms with van der Waals surface area (Å²) in [4.78, 5) is 33.3. The van der Waals surface area contributed by atoms with Crippen LogP contribution in [0.4, 0.5) is 5.82 Å². The van der Waals surface area contributed by atoms with Gasteiger partial charge in [-0.25, -0.2) is 4.98 Å². The summed E-state index contributed by atoms with van der Waals surface area (Å²) in [7, 11) is 0. The highest BCUT2D eigenvalue weighted by molar-refractivity contribution is 5.85. The van der Waals surface area contributed by atoms with Crippen molar-refractivity contribution < 1.29 is 9.59 Å². The molecule has 3 heterocycles. The van der Waals surface area contributed by atoms with Gasteiger partial charge in [0.05, 0.1) is 5.41 Å². The Morgan fingerprint density at radius 2 is 2.11 bits per heavy atom. The van der Waals surface area contributed by atoms with E-state index in [2.05, 4.69) is 20.1 Å². The minimum absolute atomic E-state index is 0.0390. The summed E-state index contributed by atoms with van der Waals surface area (Å²) in [6, 6.07) is 4.02. The molecule has 146 valence electrons. The van der Waals surface area contributed by atoms with Crippen molar-refractivity contribution in [2.45, 2.75) is 52.0 Å². The maximum absolute atomic E-state index is 13.2. The second-order valence-electron chi connectivity index (χ2n) is 8.54. The number of carbonyl (C=O) groups is 2. The Kier molecular flexibility index (Phi) is 5.06. The zero-order valence-corrected chi connectivity index (χ0v) is 16.2. The van der Waals surface area contributed by atoms with Gasteiger partial charge in [0.2, 0.25) is 11.8 Å². The lowest BCUT2D eigenvalue weighted by atomic mass is 9.77. The summed E-state index contributed by atoms with van der Waals surface area (Å²) in [5.41, 5.74) is 0.779. The van der Waals surface area contributed by atoms with Crippen molar-refractivity contribution in [3.05, 3.63) is 23.9 Å². The predicted octanol–water partition coefficient (Wildman–Crippen LogP) is 2.34. The number of carbonyl (C=O) groups excluding carboxylic acids is 2. The molecule has 3 aliphatic rings. The lowest BCUT2D eigenvalue weighted by molar-refractivity contribution is -0.146. The molecular weight excluding hydrogens is 340 g/mol. The first-order valence-electron chi connectivity index (χ1n) is 10.3. The van der Waals surface area contributed by atoms with Gasteiger partial charge < -0.3 is 15.1 Å². The molecule has 1 atom stereocenters. The molecule has 3 fully saturated rings. The molecule has 1 spiro atoms. The number of amides is 2. The molecule has 1 aromatic heterocycles. The standard InChI is InChI=1S/C21H30N4O2/c1-16(26)22-12-18-6-7-19(23-13-18)25-11-9-21(15-25)8-3-10-24(20(21)27)14-17-4-2-5-17/h6-7,13,17H,2-5,8-12,14-15H2,1H3,(H,22,26). The summed E-state index contributed by atoms with van der Waals surface area (Å²) >= 11 is 0. The molecule has 2 aliphatic heterocycles. The SMILES string of the molecule is CC(=O)NCc1ccc(N2CCC3(CCCN(CC4CCC4)C3=O)C2)nc1. The van der Waals surface area contributed by atoms with Crippen LogP contribution in [0, 0.1) is 11.3 Å². The van der Waals surface area contributed by atoms with E-state index in [1.807, 2.05) is 18.3 Å². The largest absolute Gasteiger partial charge is 0.356 e. The maximum atomic E-state index is 13.2. The maximum Gasteiger partial charge on any atom is 0.230 e. The summed E-state index contributed by atoms with van der Waals surface area (Å²) in [6.07, 6.45) is 8.79. The van der Waals surface area contributed by atoms with Gasteiger partial charge in [0.1, 0.15) is 5.82 Å². The van der Waals surface area contributed by atoms with Gasteiger partial charge in [-0.1, -0.05) is 12.5 Å². The van der Waals surface area contributed by atoms with E-state index in [4.69, 9.17) is 0 Å². The quantitative estimate of drug-likeness (QED) is 0.864. The van der Waals surface area contributed by atoms with E-state index in [1.54, 1.807) is 0 Å². The van der Waals surface area contributed by atoms with Gasteiger partial charge >= 0.3 is 0 Å². The van der Waals surface area contributed by atoms with Crippen molar-refractivity contribution in [3.8, 4) is 0 Å². The van der Waals surface area contributed by atoms with Crippen molar-refractivity contribution in [1.82, 2.24) is 15.2 Å². The Morgan fingerprint density at radius 1 is 1.26 bits per heavy atom. The Hall–Kier alpha value is -2.11. The topological polar surface area (TPSA) is 65.5 Å². The van der Waals surface area contributed by atoms with Gasteiger partial charge in [0, 0.05) is 45.8 Å². The molecule has 2 amide bonds. The highest BCUT2D eigenvalue weighted by Crippen LogP contribution is 2.42. The third-order valence-corrected chi connectivity index (χ3v) is 6.56. The zero-order chi connectivity index (χ0) is 18.9. The Bertz CT molecular complexity index is 701. The average molecular weight is 370 g/mol. The Balaban J connectivity index is 1.39. The van der Waals surface area contributed by atoms with Crippen LogP contribution in [0.25, 0.3) is 0 Å². The van der Waals surface area contributed by atoms with Gasteiger partial charge in [0.25, 0.3) is 0 Å². The van der Waals surface area contributed by atoms with Crippen molar-refractivity contribution in [3.63, 3.8) is 0 Å². The lowest BCUT2D eigenvalue weighted by Crippen LogP contribution is -2.51. The second-order valence-corrected chi connectivity index (χ2v) is 8.54. The Labute approximate surface area is 161 Å². The molecule has 6 nitrogen and oxygen atoms in total. The van der Waals surface area contributed by atoms with E-state index in [-0.39, 0.29) is 11.3 Å². The third-order valence-electron chi connectivity index (χ3n) is 6.56. The Morgan fingerprint density at radius 3 is 2.78 bits per heavy atom. The first-order chi connectivity index (χ1) is 13.1. The number of likely N-dealkylation sites (tertiary alicyclic amines) is 1. The average Bonchev–Trinajstić information content (AvgIpc) is 3.05. The van der Waals surface area contributed by atoms with E-state index in [0.29, 0.717) is 12.5 Å². The van der Waals surface area contributed by atoms with E-state index >= 15 is 0 Å². The van der Waals surface area contributed by atoms with Crippen molar-refractivity contribution >= 4 is 17.6 Å². The number of rotatable bonds is 5. The first-order valence-corrected chi connectivity index (χ1v) is 10.3. The number of anilines is 1. The minimum atomic E-state index is -0.210. The van der Waals surface area contributed by atoms with E-state index < -0.39 is 0 Å². The fourth-order valence-corrected chi connectivity index (χ4v) is 4.69. The van der Waals surface area contributed by atoms with Gasteiger partial charge in [-0.05, 0) is 49.7 Å². The van der Waals surface area contributed by atoms with Crippen LogP contribution in [0.1, 0.15) is 51.0 Å². The zero-order valence-electron chi connectivity index (χ0n) is 16.2. The van der Waals surface area contributed by atoms with Crippen LogP contribution in [0.2, 0.25) is 0 Å². The fraction of sp³-hybridized carbons (Fsp3) is 0.667. The fourth-order valence-electron chi connectivity index (χ4n) is 4.69. The van der Waals surface area contributed by atoms with Crippen molar-refractivity contribution in [1.29, 1.82) is 0 Å². The van der Waals surface area contributed by atoms with Crippen LogP contribution < -0.4 is 10.2 Å². The highest BCUT2D eigenvalue weighted by Gasteiger charge is 2.49. The number of aromatic nitrogens is 1. The van der Waals surface area contributed by atoms with E-state index in [9.17, 15) is 9.59 Å². The molecule has 1 saturated carbocycles. The molecule has 4 rings (SSSR count). The number of nitrogens with one attached hydrogen (secondary N) is 1. The molecule has 6 heteroatoms. The number of pyridine rings is 1. The number of hydrogen-bond donors (Lipinski definition) is 1. The van der Waals surface area contributed by atoms with Gasteiger partial charge in [-0.2, -0.15) is 0 Å². The van der Waals surface area contributed by atoms with Crippen LogP contribution in [-0.4, -0.2) is 47.9 Å².